The van der Waals surface area contributed by atoms with Gasteiger partial charge in [0.05, 0.1) is 0 Å². The number of fused-ring (bicyclic) bond motifs is 1. The predicted molar refractivity (Wildman–Crippen MR) is 90.3 cm³/mol. The van der Waals surface area contributed by atoms with Gasteiger partial charge in [0.15, 0.2) is 0 Å². The van der Waals surface area contributed by atoms with E-state index in [4.69, 9.17) is 18.0 Å². The summed E-state index contributed by atoms with van der Waals surface area (Å²) in [6, 6.07) is 8.02. The fourth-order valence-electron chi connectivity index (χ4n) is 2.41. The molecule has 0 aliphatic rings. The highest BCUT2D eigenvalue weighted by atomic mass is 32.1. The fraction of sp³-hybridized carbons (Fsp3) is 0.375. The SMILES string of the molecule is CCC(CC)NC(=O)Cn1ccc2cc(C(N)=S)ccc21. The number of aromatic nitrogens is 1. The monoisotopic (exact) mass is 303 g/mol. The molecule has 0 atom stereocenters. The van der Waals surface area contributed by atoms with Gasteiger partial charge in [-0.05, 0) is 37.1 Å². The minimum absolute atomic E-state index is 0.0413. The molecule has 0 aliphatic carbocycles. The largest absolute Gasteiger partial charge is 0.389 e. The lowest BCUT2D eigenvalue weighted by Gasteiger charge is -2.15. The van der Waals surface area contributed by atoms with Crippen LogP contribution in [0.5, 0.6) is 0 Å². The van der Waals surface area contributed by atoms with Gasteiger partial charge in [0, 0.05) is 28.7 Å². The second kappa shape index (κ2) is 6.72. The highest BCUT2D eigenvalue weighted by Crippen LogP contribution is 2.17. The molecule has 0 saturated heterocycles. The average Bonchev–Trinajstić information content (AvgIpc) is 2.87. The number of amides is 1. The van der Waals surface area contributed by atoms with E-state index >= 15 is 0 Å². The minimum atomic E-state index is 0.0413. The van der Waals surface area contributed by atoms with Gasteiger partial charge in [-0.3, -0.25) is 4.79 Å². The molecule has 5 heteroatoms. The molecule has 0 aliphatic heterocycles. The van der Waals surface area contributed by atoms with Crippen molar-refractivity contribution in [1.29, 1.82) is 0 Å². The van der Waals surface area contributed by atoms with Crippen molar-refractivity contribution in [3.05, 3.63) is 36.0 Å². The van der Waals surface area contributed by atoms with Gasteiger partial charge in [0.25, 0.3) is 0 Å². The van der Waals surface area contributed by atoms with E-state index in [-0.39, 0.29) is 11.9 Å². The smallest absolute Gasteiger partial charge is 0.240 e. The molecule has 0 radical (unpaired) electrons. The van der Waals surface area contributed by atoms with Crippen molar-refractivity contribution in [3.8, 4) is 0 Å². The van der Waals surface area contributed by atoms with Gasteiger partial charge in [0.1, 0.15) is 11.5 Å². The van der Waals surface area contributed by atoms with Crippen LogP contribution >= 0.6 is 12.2 Å². The maximum absolute atomic E-state index is 12.1. The maximum Gasteiger partial charge on any atom is 0.240 e. The quantitative estimate of drug-likeness (QED) is 0.806. The first-order chi connectivity index (χ1) is 10.0. The van der Waals surface area contributed by atoms with E-state index in [0.29, 0.717) is 11.5 Å². The third-order valence-electron chi connectivity index (χ3n) is 3.72. The normalized spacial score (nSPS) is 11.0. The molecule has 21 heavy (non-hydrogen) atoms. The summed E-state index contributed by atoms with van der Waals surface area (Å²) in [6.07, 6.45) is 3.82. The molecule has 2 rings (SSSR count). The van der Waals surface area contributed by atoms with Crippen molar-refractivity contribution in [2.45, 2.75) is 39.3 Å². The van der Waals surface area contributed by atoms with Crippen molar-refractivity contribution in [3.63, 3.8) is 0 Å². The van der Waals surface area contributed by atoms with Crippen LogP contribution in [0.1, 0.15) is 32.3 Å². The van der Waals surface area contributed by atoms with E-state index in [1.807, 2.05) is 35.0 Å². The third kappa shape index (κ3) is 3.61. The number of hydrogen-bond donors (Lipinski definition) is 2. The summed E-state index contributed by atoms with van der Waals surface area (Å²) in [5.41, 5.74) is 7.49. The number of hydrogen-bond acceptors (Lipinski definition) is 2. The standard InChI is InChI=1S/C16H21N3OS/c1-3-13(4-2)18-15(20)10-19-8-7-11-9-12(16(17)21)5-6-14(11)19/h5-9,13H,3-4,10H2,1-2H3,(H2,17,21)(H,18,20). The van der Waals surface area contributed by atoms with Gasteiger partial charge in [-0.2, -0.15) is 0 Å². The number of rotatable bonds is 6. The summed E-state index contributed by atoms with van der Waals surface area (Å²) < 4.78 is 1.94. The molecule has 2 aromatic rings. The van der Waals surface area contributed by atoms with Gasteiger partial charge < -0.3 is 15.6 Å². The Morgan fingerprint density at radius 2 is 2.05 bits per heavy atom. The topological polar surface area (TPSA) is 60.0 Å². The molecule has 1 aromatic heterocycles. The second-order valence-electron chi connectivity index (χ2n) is 5.16. The van der Waals surface area contributed by atoms with Crippen molar-refractivity contribution in [2.75, 3.05) is 0 Å². The molecule has 0 spiro atoms. The summed E-state index contributed by atoms with van der Waals surface area (Å²) in [4.78, 5) is 12.5. The van der Waals surface area contributed by atoms with E-state index in [9.17, 15) is 4.79 Å². The van der Waals surface area contributed by atoms with Crippen LogP contribution in [0.2, 0.25) is 0 Å². The lowest BCUT2D eigenvalue weighted by Crippen LogP contribution is -2.36. The van der Waals surface area contributed by atoms with E-state index in [0.717, 1.165) is 29.3 Å². The third-order valence-corrected chi connectivity index (χ3v) is 3.96. The van der Waals surface area contributed by atoms with E-state index in [1.165, 1.54) is 0 Å². The Kier molecular flexibility index (Phi) is 4.96. The number of carbonyl (C=O) groups excluding carboxylic acids is 1. The average molecular weight is 303 g/mol. The number of nitrogens with zero attached hydrogens (tertiary/aromatic N) is 1. The molecule has 0 bridgehead atoms. The van der Waals surface area contributed by atoms with E-state index < -0.39 is 0 Å². The van der Waals surface area contributed by atoms with Crippen LogP contribution in [0, 0.1) is 0 Å². The molecule has 4 nitrogen and oxygen atoms in total. The second-order valence-corrected chi connectivity index (χ2v) is 5.60. The Hall–Kier alpha value is -1.88. The van der Waals surface area contributed by atoms with Gasteiger partial charge >= 0.3 is 0 Å². The summed E-state index contributed by atoms with van der Waals surface area (Å²) >= 11 is 4.98. The van der Waals surface area contributed by atoms with Crippen LogP contribution in [0.3, 0.4) is 0 Å². The fourth-order valence-corrected chi connectivity index (χ4v) is 2.54. The lowest BCUT2D eigenvalue weighted by atomic mass is 10.1. The van der Waals surface area contributed by atoms with Crippen LogP contribution in [0.25, 0.3) is 10.9 Å². The number of benzene rings is 1. The van der Waals surface area contributed by atoms with E-state index in [2.05, 4.69) is 19.2 Å². The molecule has 0 unspecified atom stereocenters. The molecule has 1 heterocycles. The van der Waals surface area contributed by atoms with Crippen LogP contribution < -0.4 is 11.1 Å². The van der Waals surface area contributed by atoms with Gasteiger partial charge in [-0.15, -0.1) is 0 Å². The first-order valence-electron chi connectivity index (χ1n) is 7.23. The Balaban J connectivity index is 2.16. The molecule has 112 valence electrons. The number of nitrogens with two attached hydrogens (primary N) is 1. The first kappa shape index (κ1) is 15.5. The molecule has 3 N–H and O–H groups in total. The zero-order valence-electron chi connectivity index (χ0n) is 12.4. The number of nitrogens with one attached hydrogen (secondary N) is 1. The van der Waals surface area contributed by atoms with Crippen molar-refractivity contribution < 1.29 is 4.79 Å². The van der Waals surface area contributed by atoms with Gasteiger partial charge in [-0.1, -0.05) is 26.1 Å². The molecule has 0 fully saturated rings. The summed E-state index contributed by atoms with van der Waals surface area (Å²) in [6.45, 7) is 4.49. The zero-order chi connectivity index (χ0) is 15.4. The van der Waals surface area contributed by atoms with Crippen LogP contribution in [0.15, 0.2) is 30.5 Å². The van der Waals surface area contributed by atoms with Gasteiger partial charge in [0.2, 0.25) is 5.91 Å². The van der Waals surface area contributed by atoms with E-state index in [1.54, 1.807) is 0 Å². The van der Waals surface area contributed by atoms with Crippen LogP contribution in [-0.4, -0.2) is 21.5 Å². The number of thiocarbonyl (C=S) groups is 1. The molecular formula is C16H21N3OS. The number of carbonyl (C=O) groups is 1. The zero-order valence-corrected chi connectivity index (χ0v) is 13.2. The van der Waals surface area contributed by atoms with Crippen molar-refractivity contribution in [1.82, 2.24) is 9.88 Å². The van der Waals surface area contributed by atoms with Crippen molar-refractivity contribution >= 4 is 34.0 Å². The summed E-state index contributed by atoms with van der Waals surface area (Å²) in [7, 11) is 0. The summed E-state index contributed by atoms with van der Waals surface area (Å²) in [5.74, 6) is 0.0413. The molecular weight excluding hydrogens is 282 g/mol. The predicted octanol–water partition coefficient (Wildman–Crippen LogP) is 2.58. The highest BCUT2D eigenvalue weighted by Gasteiger charge is 2.10. The lowest BCUT2D eigenvalue weighted by molar-refractivity contribution is -0.122. The van der Waals surface area contributed by atoms with Crippen LogP contribution in [-0.2, 0) is 11.3 Å². The Morgan fingerprint density at radius 3 is 2.67 bits per heavy atom. The molecule has 1 aromatic carbocycles. The maximum atomic E-state index is 12.1. The van der Waals surface area contributed by atoms with Crippen molar-refractivity contribution in [2.24, 2.45) is 5.73 Å². The minimum Gasteiger partial charge on any atom is -0.389 e. The summed E-state index contributed by atoms with van der Waals surface area (Å²) in [5, 5.41) is 4.09. The Bertz CT molecular complexity index is 659. The highest BCUT2D eigenvalue weighted by molar-refractivity contribution is 7.80. The van der Waals surface area contributed by atoms with Crippen LogP contribution in [0.4, 0.5) is 0 Å². The van der Waals surface area contributed by atoms with Gasteiger partial charge in [-0.25, -0.2) is 0 Å². The molecule has 0 saturated carbocycles. The Morgan fingerprint density at radius 1 is 1.33 bits per heavy atom. The Labute approximate surface area is 130 Å². The molecule has 1 amide bonds. The first-order valence-corrected chi connectivity index (χ1v) is 7.64.